The average molecular weight is 442 g/mol. The van der Waals surface area contributed by atoms with E-state index in [0.29, 0.717) is 5.69 Å². The van der Waals surface area contributed by atoms with E-state index in [9.17, 15) is 23.5 Å². The van der Waals surface area contributed by atoms with Crippen LogP contribution in [0.25, 0.3) is 5.69 Å². The van der Waals surface area contributed by atoms with Crippen LogP contribution in [-0.4, -0.2) is 80.1 Å². The Labute approximate surface area is 175 Å². The molecular weight excluding hydrogens is 422 g/mol. The van der Waals surface area contributed by atoms with E-state index in [1.807, 2.05) is 0 Å². The molecule has 1 aliphatic rings. The molecule has 3 rings (SSSR count). The molecule has 3 N–H and O–H groups in total. The van der Waals surface area contributed by atoms with E-state index in [1.165, 1.54) is 20.7 Å². The van der Waals surface area contributed by atoms with Crippen LogP contribution in [0.2, 0.25) is 0 Å². The number of carbonyl (C=O) groups excluding carboxylic acids is 2. The van der Waals surface area contributed by atoms with Crippen LogP contribution in [0, 0.1) is 11.6 Å². The monoisotopic (exact) mass is 442 g/mol. The summed E-state index contributed by atoms with van der Waals surface area (Å²) in [5.41, 5.74) is 0.272. The third kappa shape index (κ3) is 4.86. The maximum atomic E-state index is 14.7. The molecule has 2 amide bonds. The van der Waals surface area contributed by atoms with Gasteiger partial charge < -0.3 is 25.3 Å². The molecule has 2 aromatic rings. The van der Waals surface area contributed by atoms with Gasteiger partial charge in [-0.25, -0.2) is 13.5 Å². The van der Waals surface area contributed by atoms with Gasteiger partial charge in [-0.1, -0.05) is 17.8 Å². The lowest BCUT2D eigenvalue weighted by Gasteiger charge is -2.37. The number of halogens is 2. The lowest BCUT2D eigenvalue weighted by molar-refractivity contribution is -0.142. The van der Waals surface area contributed by atoms with Gasteiger partial charge in [0.05, 0.1) is 25.0 Å². The SMILES string of the molecule is O=C(S)NCc1cn(-c2cc(F)c(N3CCN(C(=O)[C@H](O)CO)CC3)c(F)c2)nn1. The summed E-state index contributed by atoms with van der Waals surface area (Å²) in [4.78, 5) is 25.5. The molecule has 1 aliphatic heterocycles. The highest BCUT2D eigenvalue weighted by molar-refractivity contribution is 7.96. The predicted molar refractivity (Wildman–Crippen MR) is 104 cm³/mol. The average Bonchev–Trinajstić information content (AvgIpc) is 3.20. The van der Waals surface area contributed by atoms with Crippen molar-refractivity contribution in [2.24, 2.45) is 0 Å². The van der Waals surface area contributed by atoms with E-state index in [-0.39, 0.29) is 44.1 Å². The minimum atomic E-state index is -1.50. The number of aliphatic hydroxyl groups is 2. The summed E-state index contributed by atoms with van der Waals surface area (Å²) in [7, 11) is 0. The van der Waals surface area contributed by atoms with Gasteiger partial charge in [0, 0.05) is 38.3 Å². The molecule has 0 radical (unpaired) electrons. The van der Waals surface area contributed by atoms with Crippen molar-refractivity contribution in [2.45, 2.75) is 12.6 Å². The highest BCUT2D eigenvalue weighted by Gasteiger charge is 2.28. The van der Waals surface area contributed by atoms with Crippen molar-refractivity contribution in [1.82, 2.24) is 25.2 Å². The summed E-state index contributed by atoms with van der Waals surface area (Å²) in [6.45, 7) is 0.00966. The molecule has 1 saturated heterocycles. The molecule has 1 aromatic heterocycles. The molecule has 2 heterocycles. The van der Waals surface area contributed by atoms with Gasteiger partial charge in [-0.05, 0) is 0 Å². The number of nitrogens with one attached hydrogen (secondary N) is 1. The first kappa shape index (κ1) is 21.9. The lowest BCUT2D eigenvalue weighted by Crippen LogP contribution is -2.52. The van der Waals surface area contributed by atoms with Gasteiger partial charge in [-0.2, -0.15) is 0 Å². The second-order valence-electron chi connectivity index (χ2n) is 6.58. The Morgan fingerprint density at radius 3 is 2.40 bits per heavy atom. The summed E-state index contributed by atoms with van der Waals surface area (Å²) in [5, 5.41) is 27.8. The maximum absolute atomic E-state index is 14.7. The van der Waals surface area contributed by atoms with Gasteiger partial charge in [-0.15, -0.1) is 5.10 Å². The summed E-state index contributed by atoms with van der Waals surface area (Å²) in [5.74, 6) is -2.23. The van der Waals surface area contributed by atoms with Crippen LogP contribution in [0.1, 0.15) is 5.69 Å². The first-order chi connectivity index (χ1) is 14.3. The van der Waals surface area contributed by atoms with Crippen LogP contribution in [0.15, 0.2) is 18.3 Å². The molecule has 0 spiro atoms. The van der Waals surface area contributed by atoms with E-state index >= 15 is 0 Å². The van der Waals surface area contributed by atoms with Crippen molar-refractivity contribution in [3.63, 3.8) is 0 Å². The third-order valence-electron chi connectivity index (χ3n) is 4.59. The number of anilines is 1. The molecule has 1 aromatic carbocycles. The van der Waals surface area contributed by atoms with E-state index in [0.717, 1.165) is 12.1 Å². The van der Waals surface area contributed by atoms with Crippen LogP contribution in [0.4, 0.5) is 19.3 Å². The van der Waals surface area contributed by atoms with Gasteiger partial charge in [-0.3, -0.25) is 9.59 Å². The number of piperazine rings is 1. The summed E-state index contributed by atoms with van der Waals surface area (Å²) in [6, 6.07) is 2.22. The van der Waals surface area contributed by atoms with Crippen LogP contribution < -0.4 is 10.2 Å². The van der Waals surface area contributed by atoms with E-state index < -0.39 is 35.5 Å². The molecule has 30 heavy (non-hydrogen) atoms. The number of amides is 2. The molecule has 0 bridgehead atoms. The summed E-state index contributed by atoms with van der Waals surface area (Å²) in [6.07, 6.45) is -0.0768. The van der Waals surface area contributed by atoms with Crippen molar-refractivity contribution in [1.29, 1.82) is 0 Å². The zero-order valence-corrected chi connectivity index (χ0v) is 16.6. The number of aromatic nitrogens is 3. The number of thiol groups is 1. The quantitative estimate of drug-likeness (QED) is 0.453. The van der Waals surface area contributed by atoms with Gasteiger partial charge in [0.25, 0.3) is 11.1 Å². The van der Waals surface area contributed by atoms with E-state index in [1.54, 1.807) is 0 Å². The minimum absolute atomic E-state index is 0.0688. The van der Waals surface area contributed by atoms with E-state index in [4.69, 9.17) is 5.11 Å². The predicted octanol–water partition coefficient (Wildman–Crippen LogP) is -0.313. The van der Waals surface area contributed by atoms with Gasteiger partial charge in [0.2, 0.25) is 0 Å². The highest BCUT2D eigenvalue weighted by Crippen LogP contribution is 2.27. The number of rotatable bonds is 6. The topological polar surface area (TPSA) is 124 Å². The second-order valence-corrected chi connectivity index (χ2v) is 6.99. The molecule has 162 valence electrons. The molecule has 0 aliphatic carbocycles. The number of aliphatic hydroxyl groups excluding tert-OH is 2. The normalized spacial score (nSPS) is 15.2. The minimum Gasteiger partial charge on any atom is -0.393 e. The zero-order valence-electron chi connectivity index (χ0n) is 15.7. The number of hydrogen-bond acceptors (Lipinski definition) is 7. The number of benzene rings is 1. The Hall–Kier alpha value is -2.77. The van der Waals surface area contributed by atoms with Crippen molar-refractivity contribution < 1.29 is 28.6 Å². The number of nitrogens with zero attached hydrogens (tertiary/aromatic N) is 5. The van der Waals surface area contributed by atoms with Crippen molar-refractivity contribution >= 4 is 29.5 Å². The van der Waals surface area contributed by atoms with Gasteiger partial charge >= 0.3 is 0 Å². The molecule has 0 unspecified atom stereocenters. The number of hydrogen-bond donors (Lipinski definition) is 4. The molecule has 0 saturated carbocycles. The molecule has 13 heteroatoms. The van der Waals surface area contributed by atoms with Gasteiger partial charge in [0.1, 0.15) is 11.4 Å². The maximum Gasteiger partial charge on any atom is 0.276 e. The Morgan fingerprint density at radius 1 is 1.20 bits per heavy atom. The first-order valence-electron chi connectivity index (χ1n) is 9.00. The van der Waals surface area contributed by atoms with Crippen LogP contribution in [0.3, 0.4) is 0 Å². The fraction of sp³-hybridized carbons (Fsp3) is 0.412. The Balaban J connectivity index is 1.71. The number of carbonyl (C=O) groups is 2. The molecule has 10 nitrogen and oxygen atoms in total. The van der Waals surface area contributed by atoms with Gasteiger partial charge in [0.15, 0.2) is 17.7 Å². The third-order valence-corrected chi connectivity index (χ3v) is 4.75. The first-order valence-corrected chi connectivity index (χ1v) is 9.45. The van der Waals surface area contributed by atoms with Crippen molar-refractivity contribution in [2.75, 3.05) is 37.7 Å². The van der Waals surface area contributed by atoms with Crippen LogP contribution in [0.5, 0.6) is 0 Å². The van der Waals surface area contributed by atoms with E-state index in [2.05, 4.69) is 28.3 Å². The molecule has 1 atom stereocenters. The largest absolute Gasteiger partial charge is 0.393 e. The summed E-state index contributed by atoms with van der Waals surface area (Å²) < 4.78 is 30.6. The molecular formula is C17H20F2N6O4S. The standard InChI is InChI=1S/C17H20F2N6O4S/c18-12-5-11(25-8-10(21-22-25)7-20-17(29)30)6-13(19)15(12)23-1-3-24(4-2-23)16(28)14(27)9-26/h5-6,8,14,26-27H,1-4,7,9H2,(H2,20,29,30)/t14-/m1/s1. The van der Waals surface area contributed by atoms with Crippen molar-refractivity contribution in [3.8, 4) is 5.69 Å². The fourth-order valence-electron chi connectivity index (χ4n) is 3.10. The van der Waals surface area contributed by atoms with Crippen LogP contribution >= 0.6 is 12.6 Å². The van der Waals surface area contributed by atoms with Crippen LogP contribution in [-0.2, 0) is 11.3 Å². The van der Waals surface area contributed by atoms with Crippen molar-refractivity contribution in [3.05, 3.63) is 35.7 Å². The fourth-order valence-corrected chi connectivity index (χ4v) is 3.18. The molecule has 1 fully saturated rings. The highest BCUT2D eigenvalue weighted by atomic mass is 32.1. The smallest absolute Gasteiger partial charge is 0.276 e. The Kier molecular flexibility index (Phi) is 6.84. The summed E-state index contributed by atoms with van der Waals surface area (Å²) >= 11 is 3.57. The lowest BCUT2D eigenvalue weighted by atomic mass is 10.2. The Morgan fingerprint density at radius 2 is 1.83 bits per heavy atom. The zero-order chi connectivity index (χ0) is 21.8. The Bertz CT molecular complexity index is 912. The second kappa shape index (κ2) is 9.36.